The van der Waals surface area contributed by atoms with Gasteiger partial charge >= 0.3 is 7.60 Å². The van der Waals surface area contributed by atoms with Crippen LogP contribution < -0.4 is 4.52 Å². The minimum absolute atomic E-state index is 0.439. The molecule has 1 atom stereocenters. The van der Waals surface area contributed by atoms with Gasteiger partial charge in [-0.15, -0.1) is 0 Å². The highest BCUT2D eigenvalue weighted by Crippen LogP contribution is 2.53. The number of benzene rings is 1. The summed E-state index contributed by atoms with van der Waals surface area (Å²) in [5.41, 5.74) is 1.67. The molecule has 1 aliphatic rings. The van der Waals surface area contributed by atoms with Crippen molar-refractivity contribution in [1.29, 1.82) is 0 Å². The van der Waals surface area contributed by atoms with Gasteiger partial charge in [0.1, 0.15) is 5.75 Å². The van der Waals surface area contributed by atoms with Crippen LogP contribution in [0.1, 0.15) is 31.7 Å². The summed E-state index contributed by atoms with van der Waals surface area (Å²) in [6, 6.07) is 5.07. The minimum atomic E-state index is -3.64. The van der Waals surface area contributed by atoms with E-state index in [0.29, 0.717) is 10.8 Å². The van der Waals surface area contributed by atoms with E-state index in [0.717, 1.165) is 30.4 Å². The number of fused-ring (bicyclic) bond motifs is 1. The van der Waals surface area contributed by atoms with Gasteiger partial charge in [-0.2, -0.15) is 0 Å². The van der Waals surface area contributed by atoms with Crippen molar-refractivity contribution in [3.63, 3.8) is 0 Å². The van der Waals surface area contributed by atoms with Crippen molar-refractivity contribution in [1.82, 2.24) is 0 Å². The Kier molecular flexibility index (Phi) is 3.62. The lowest BCUT2D eigenvalue weighted by Crippen LogP contribution is -2.01. The molecule has 1 N–H and O–H groups in total. The third kappa shape index (κ3) is 2.92. The summed E-state index contributed by atoms with van der Waals surface area (Å²) in [6.45, 7) is 2.08. The Morgan fingerprint density at radius 2 is 2.24 bits per heavy atom. The maximum absolute atomic E-state index is 11.7. The summed E-state index contributed by atoms with van der Waals surface area (Å²) in [4.78, 5) is 9.58. The quantitative estimate of drug-likeness (QED) is 0.827. The number of allylic oxidation sites excluding steroid dienone is 1. The predicted octanol–water partition coefficient (Wildman–Crippen LogP) is 4.45. The summed E-state index contributed by atoms with van der Waals surface area (Å²) in [5, 5.41) is 0.601. The first-order valence-corrected chi connectivity index (χ1v) is 7.58. The van der Waals surface area contributed by atoms with Gasteiger partial charge < -0.3 is 9.42 Å². The first kappa shape index (κ1) is 12.7. The highest BCUT2D eigenvalue weighted by molar-refractivity contribution is 7.57. The molecule has 0 saturated carbocycles. The number of unbranched alkanes of at least 4 members (excludes halogenated alkanes) is 1. The molecule has 92 valence electrons. The molecular weight excluding hydrogens is 259 g/mol. The van der Waals surface area contributed by atoms with E-state index in [2.05, 4.69) is 6.92 Å². The van der Waals surface area contributed by atoms with E-state index in [9.17, 15) is 9.46 Å². The summed E-state index contributed by atoms with van der Waals surface area (Å²) >= 11 is 5.93. The molecular formula is C12H14ClO3P. The van der Waals surface area contributed by atoms with Gasteiger partial charge in [0.2, 0.25) is 0 Å². The molecule has 0 aliphatic carbocycles. The molecule has 1 aromatic carbocycles. The van der Waals surface area contributed by atoms with Crippen LogP contribution in [0.15, 0.2) is 24.0 Å². The molecule has 0 saturated heterocycles. The summed E-state index contributed by atoms with van der Waals surface area (Å²) in [6.07, 6.45) is 2.76. The molecule has 0 bridgehead atoms. The molecule has 0 aromatic heterocycles. The molecule has 0 radical (unpaired) electrons. The molecule has 5 heteroatoms. The van der Waals surface area contributed by atoms with Gasteiger partial charge in [-0.1, -0.05) is 24.9 Å². The molecule has 0 fully saturated rings. The summed E-state index contributed by atoms with van der Waals surface area (Å²) in [7, 11) is -3.64. The molecule has 0 amide bonds. The molecule has 17 heavy (non-hydrogen) atoms. The maximum Gasteiger partial charge on any atom is 0.401 e. The van der Waals surface area contributed by atoms with Crippen molar-refractivity contribution in [3.05, 3.63) is 34.6 Å². The Morgan fingerprint density at radius 1 is 1.47 bits per heavy atom. The Morgan fingerprint density at radius 3 is 2.94 bits per heavy atom. The van der Waals surface area contributed by atoms with Crippen molar-refractivity contribution in [2.24, 2.45) is 0 Å². The Hall–Kier alpha value is -0.760. The zero-order valence-corrected chi connectivity index (χ0v) is 11.2. The van der Waals surface area contributed by atoms with E-state index < -0.39 is 7.60 Å². The lowest BCUT2D eigenvalue weighted by molar-refractivity contribution is 0.390. The molecule has 2 rings (SSSR count). The normalized spacial score (nSPS) is 22.6. The van der Waals surface area contributed by atoms with Crippen LogP contribution in [0, 0.1) is 0 Å². The summed E-state index contributed by atoms with van der Waals surface area (Å²) in [5.74, 6) is 1.77. The fourth-order valence-corrected chi connectivity index (χ4v) is 3.16. The van der Waals surface area contributed by atoms with E-state index in [1.165, 1.54) is 5.82 Å². The van der Waals surface area contributed by atoms with E-state index in [-0.39, 0.29) is 0 Å². The Balaban J connectivity index is 2.44. The van der Waals surface area contributed by atoms with Gasteiger partial charge in [0.15, 0.2) is 0 Å². The Labute approximate surface area is 106 Å². The second-order valence-electron chi connectivity index (χ2n) is 4.05. The SMILES string of the molecule is CCCCC1=CP(=O)(O)Oc2ccc(Cl)cc21. The van der Waals surface area contributed by atoms with E-state index in [1.807, 2.05) is 0 Å². The van der Waals surface area contributed by atoms with E-state index in [4.69, 9.17) is 16.1 Å². The number of halogens is 1. The molecule has 1 unspecified atom stereocenters. The maximum atomic E-state index is 11.7. The molecule has 1 aromatic rings. The van der Waals surface area contributed by atoms with Gasteiger partial charge in [0.05, 0.1) is 0 Å². The number of hydrogen-bond donors (Lipinski definition) is 1. The van der Waals surface area contributed by atoms with Crippen LogP contribution in [-0.2, 0) is 4.57 Å². The van der Waals surface area contributed by atoms with Gasteiger partial charge in [-0.3, -0.25) is 0 Å². The standard InChI is InChI=1S/C12H14ClO3P/c1-2-3-4-9-8-17(14,15)16-12-6-5-10(13)7-11(9)12/h5-8H,2-4H2,1H3,(H,14,15). The average Bonchev–Trinajstić information content (AvgIpc) is 2.26. The fraction of sp³-hybridized carbons (Fsp3) is 0.333. The van der Waals surface area contributed by atoms with Crippen LogP contribution in [0.2, 0.25) is 5.02 Å². The summed E-state index contributed by atoms with van der Waals surface area (Å²) < 4.78 is 16.7. The van der Waals surface area contributed by atoms with Crippen LogP contribution in [0.3, 0.4) is 0 Å². The van der Waals surface area contributed by atoms with Crippen molar-refractivity contribution in [2.75, 3.05) is 0 Å². The zero-order chi connectivity index (χ0) is 12.5. The van der Waals surface area contributed by atoms with Gasteiger partial charge in [0.25, 0.3) is 0 Å². The minimum Gasteiger partial charge on any atom is -0.421 e. The van der Waals surface area contributed by atoms with Crippen LogP contribution in [0.5, 0.6) is 5.75 Å². The molecule has 0 spiro atoms. The second-order valence-corrected chi connectivity index (χ2v) is 6.06. The van der Waals surface area contributed by atoms with Crippen LogP contribution in [-0.4, -0.2) is 4.89 Å². The van der Waals surface area contributed by atoms with Crippen LogP contribution in [0.25, 0.3) is 5.57 Å². The molecule has 1 heterocycles. The topological polar surface area (TPSA) is 46.5 Å². The van der Waals surface area contributed by atoms with Crippen LogP contribution >= 0.6 is 19.2 Å². The van der Waals surface area contributed by atoms with Crippen molar-refractivity contribution in [3.8, 4) is 5.75 Å². The fourth-order valence-electron chi connectivity index (χ4n) is 1.83. The predicted molar refractivity (Wildman–Crippen MR) is 69.4 cm³/mol. The van der Waals surface area contributed by atoms with Crippen molar-refractivity contribution < 1.29 is 14.0 Å². The van der Waals surface area contributed by atoms with Gasteiger partial charge in [-0.25, -0.2) is 4.57 Å². The third-order valence-corrected chi connectivity index (χ3v) is 3.97. The molecule has 3 nitrogen and oxygen atoms in total. The molecule has 1 aliphatic heterocycles. The number of rotatable bonds is 3. The van der Waals surface area contributed by atoms with Gasteiger partial charge in [-0.05, 0) is 36.6 Å². The first-order valence-electron chi connectivity index (χ1n) is 5.55. The Bertz CT molecular complexity index is 510. The first-order chi connectivity index (χ1) is 8.02. The smallest absolute Gasteiger partial charge is 0.401 e. The van der Waals surface area contributed by atoms with Gasteiger partial charge in [0, 0.05) is 16.4 Å². The van der Waals surface area contributed by atoms with Crippen LogP contribution in [0.4, 0.5) is 0 Å². The highest BCUT2D eigenvalue weighted by Gasteiger charge is 2.27. The lowest BCUT2D eigenvalue weighted by atomic mass is 10.0. The third-order valence-electron chi connectivity index (χ3n) is 2.64. The largest absolute Gasteiger partial charge is 0.421 e. The average molecular weight is 273 g/mol. The van der Waals surface area contributed by atoms with Crippen molar-refractivity contribution in [2.45, 2.75) is 26.2 Å². The second kappa shape index (κ2) is 4.85. The highest BCUT2D eigenvalue weighted by atomic mass is 35.5. The van der Waals surface area contributed by atoms with E-state index >= 15 is 0 Å². The number of hydrogen-bond acceptors (Lipinski definition) is 2. The zero-order valence-electron chi connectivity index (χ0n) is 9.52. The van der Waals surface area contributed by atoms with E-state index in [1.54, 1.807) is 18.2 Å². The van der Waals surface area contributed by atoms with Crippen molar-refractivity contribution >= 4 is 24.8 Å². The monoisotopic (exact) mass is 272 g/mol. The lowest BCUT2D eigenvalue weighted by Gasteiger charge is -2.22.